The number of nitrogens with one attached hydrogen (secondary N) is 1. The number of carbonyl (C=O) groups is 1. The Labute approximate surface area is 147 Å². The van der Waals surface area contributed by atoms with Gasteiger partial charge in [0.25, 0.3) is 5.91 Å². The van der Waals surface area contributed by atoms with Crippen LogP contribution in [0.5, 0.6) is 0 Å². The second-order valence-corrected chi connectivity index (χ2v) is 7.80. The number of hydrogen-bond donors (Lipinski definition) is 1. The van der Waals surface area contributed by atoms with Gasteiger partial charge in [-0.3, -0.25) is 4.79 Å². The van der Waals surface area contributed by atoms with Crippen molar-refractivity contribution in [3.8, 4) is 0 Å². The molecule has 0 aromatic heterocycles. The average molecular weight is 360 g/mol. The van der Waals surface area contributed by atoms with Crippen molar-refractivity contribution in [1.82, 2.24) is 4.31 Å². The van der Waals surface area contributed by atoms with Crippen molar-refractivity contribution in [3.63, 3.8) is 0 Å². The molecular formula is C18H20N2O4S. The van der Waals surface area contributed by atoms with Crippen LogP contribution in [0.4, 0.5) is 5.69 Å². The molecule has 0 saturated carbocycles. The highest BCUT2D eigenvalue weighted by Gasteiger charge is 2.26. The number of amides is 1. The third kappa shape index (κ3) is 4.07. The molecule has 1 heterocycles. The number of morpholine rings is 1. The summed E-state index contributed by atoms with van der Waals surface area (Å²) in [5, 5.41) is 2.78. The molecule has 2 aromatic carbocycles. The number of hydrogen-bond acceptors (Lipinski definition) is 4. The molecule has 7 heteroatoms. The number of benzene rings is 2. The molecule has 25 heavy (non-hydrogen) atoms. The Balaban J connectivity index is 1.73. The Kier molecular flexibility index (Phi) is 5.17. The fourth-order valence-electron chi connectivity index (χ4n) is 2.64. The van der Waals surface area contributed by atoms with E-state index < -0.39 is 10.0 Å². The van der Waals surface area contributed by atoms with Gasteiger partial charge in [0.05, 0.1) is 18.1 Å². The Morgan fingerprint density at radius 1 is 1.08 bits per heavy atom. The van der Waals surface area contributed by atoms with Gasteiger partial charge in [-0.2, -0.15) is 4.31 Å². The molecule has 3 rings (SSSR count). The minimum Gasteiger partial charge on any atom is -0.379 e. The zero-order chi connectivity index (χ0) is 17.9. The highest BCUT2D eigenvalue weighted by Crippen LogP contribution is 2.20. The van der Waals surface area contributed by atoms with Crippen molar-refractivity contribution in [1.29, 1.82) is 0 Å². The maximum absolute atomic E-state index is 12.6. The lowest BCUT2D eigenvalue weighted by Gasteiger charge is -2.26. The van der Waals surface area contributed by atoms with Gasteiger partial charge < -0.3 is 10.1 Å². The Morgan fingerprint density at radius 3 is 2.40 bits per heavy atom. The first-order valence-electron chi connectivity index (χ1n) is 8.03. The van der Waals surface area contributed by atoms with Gasteiger partial charge in [-0.1, -0.05) is 17.7 Å². The third-order valence-electron chi connectivity index (χ3n) is 4.00. The van der Waals surface area contributed by atoms with Gasteiger partial charge in [-0.05, 0) is 43.3 Å². The summed E-state index contributed by atoms with van der Waals surface area (Å²) in [5.74, 6) is -0.229. The maximum Gasteiger partial charge on any atom is 0.255 e. The summed E-state index contributed by atoms with van der Waals surface area (Å²) < 4.78 is 31.7. The van der Waals surface area contributed by atoms with Crippen molar-refractivity contribution in [2.75, 3.05) is 31.6 Å². The summed E-state index contributed by atoms with van der Waals surface area (Å²) in [7, 11) is -3.52. The monoisotopic (exact) mass is 360 g/mol. The first-order valence-corrected chi connectivity index (χ1v) is 9.47. The molecule has 132 valence electrons. The molecule has 1 amide bonds. The molecule has 6 nitrogen and oxygen atoms in total. The molecular weight excluding hydrogens is 340 g/mol. The highest BCUT2D eigenvalue weighted by atomic mass is 32.2. The van der Waals surface area contributed by atoms with Crippen LogP contribution < -0.4 is 5.32 Å². The number of sulfonamides is 1. The average Bonchev–Trinajstić information content (AvgIpc) is 2.63. The van der Waals surface area contributed by atoms with E-state index in [1.807, 2.05) is 19.1 Å². The van der Waals surface area contributed by atoms with Crippen molar-refractivity contribution >= 4 is 21.6 Å². The van der Waals surface area contributed by atoms with Crippen molar-refractivity contribution < 1.29 is 17.9 Å². The van der Waals surface area contributed by atoms with Crippen LogP contribution in [-0.2, 0) is 14.8 Å². The van der Waals surface area contributed by atoms with Crippen LogP contribution in [-0.4, -0.2) is 44.9 Å². The molecule has 1 saturated heterocycles. The Morgan fingerprint density at radius 2 is 1.76 bits per heavy atom. The minimum absolute atomic E-state index is 0.211. The molecule has 1 aliphatic heterocycles. The number of rotatable bonds is 4. The fourth-order valence-corrected chi connectivity index (χ4v) is 4.04. The number of carbonyl (C=O) groups excluding carboxylic acids is 1. The number of nitrogens with zero attached hydrogens (tertiary/aromatic N) is 1. The normalized spacial score (nSPS) is 15.7. The Bertz CT molecular complexity index is 857. The number of ether oxygens (including phenoxy) is 1. The standard InChI is InChI=1S/C18H20N2O4S/c1-14-3-2-4-15(13-14)18(21)19-16-5-7-17(8-6-16)25(22,23)20-9-11-24-12-10-20/h2-8,13H,9-12H2,1H3,(H,19,21). The van der Waals surface area contributed by atoms with Crippen LogP contribution in [0.1, 0.15) is 15.9 Å². The predicted octanol–water partition coefficient (Wildman–Crippen LogP) is 2.27. The van der Waals surface area contributed by atoms with Gasteiger partial charge in [0, 0.05) is 24.3 Å². The third-order valence-corrected chi connectivity index (χ3v) is 5.91. The van der Waals surface area contributed by atoms with Crippen LogP contribution in [0.15, 0.2) is 53.4 Å². The van der Waals surface area contributed by atoms with E-state index in [9.17, 15) is 13.2 Å². The van der Waals surface area contributed by atoms with E-state index in [4.69, 9.17) is 4.74 Å². The van der Waals surface area contributed by atoms with Crippen LogP contribution in [0.25, 0.3) is 0 Å². The molecule has 0 radical (unpaired) electrons. The Hall–Kier alpha value is -2.22. The molecule has 0 unspecified atom stereocenters. The zero-order valence-corrected chi connectivity index (χ0v) is 14.8. The van der Waals surface area contributed by atoms with Gasteiger partial charge in [0.2, 0.25) is 10.0 Å². The first kappa shape index (κ1) is 17.6. The van der Waals surface area contributed by atoms with Crippen LogP contribution >= 0.6 is 0 Å². The first-order chi connectivity index (χ1) is 12.0. The predicted molar refractivity (Wildman–Crippen MR) is 95.2 cm³/mol. The molecule has 2 aromatic rings. The minimum atomic E-state index is -3.52. The lowest BCUT2D eigenvalue weighted by atomic mass is 10.1. The molecule has 1 fully saturated rings. The largest absolute Gasteiger partial charge is 0.379 e. The SMILES string of the molecule is Cc1cccc(C(=O)Nc2ccc(S(=O)(=O)N3CCOCC3)cc2)c1. The molecule has 0 atom stereocenters. The van der Waals surface area contributed by atoms with Gasteiger partial charge in [-0.15, -0.1) is 0 Å². The second kappa shape index (κ2) is 7.35. The molecule has 1 aliphatic rings. The number of aryl methyl sites for hydroxylation is 1. The van der Waals surface area contributed by atoms with E-state index >= 15 is 0 Å². The lowest BCUT2D eigenvalue weighted by Crippen LogP contribution is -2.40. The van der Waals surface area contributed by atoms with Crippen molar-refractivity contribution in [2.45, 2.75) is 11.8 Å². The zero-order valence-electron chi connectivity index (χ0n) is 13.9. The topological polar surface area (TPSA) is 75.7 Å². The fraction of sp³-hybridized carbons (Fsp3) is 0.278. The summed E-state index contributed by atoms with van der Waals surface area (Å²) in [6, 6.07) is 13.5. The molecule has 0 aliphatic carbocycles. The van der Waals surface area contributed by atoms with Gasteiger partial charge in [0.1, 0.15) is 0 Å². The van der Waals surface area contributed by atoms with E-state index in [0.29, 0.717) is 37.6 Å². The summed E-state index contributed by atoms with van der Waals surface area (Å²) in [6.45, 7) is 3.44. The van der Waals surface area contributed by atoms with Gasteiger partial charge >= 0.3 is 0 Å². The molecule has 0 spiro atoms. The van der Waals surface area contributed by atoms with Gasteiger partial charge in [0.15, 0.2) is 0 Å². The van der Waals surface area contributed by atoms with E-state index in [2.05, 4.69) is 5.32 Å². The summed E-state index contributed by atoms with van der Waals surface area (Å²) in [4.78, 5) is 12.5. The summed E-state index contributed by atoms with van der Waals surface area (Å²) in [6.07, 6.45) is 0. The van der Waals surface area contributed by atoms with E-state index in [1.54, 1.807) is 24.3 Å². The second-order valence-electron chi connectivity index (χ2n) is 5.86. The van der Waals surface area contributed by atoms with Crippen molar-refractivity contribution in [2.24, 2.45) is 0 Å². The molecule has 0 bridgehead atoms. The molecule has 1 N–H and O–H groups in total. The summed E-state index contributed by atoms with van der Waals surface area (Å²) in [5.41, 5.74) is 2.11. The maximum atomic E-state index is 12.6. The van der Waals surface area contributed by atoms with Gasteiger partial charge in [-0.25, -0.2) is 8.42 Å². The lowest BCUT2D eigenvalue weighted by molar-refractivity contribution is 0.0730. The van der Waals surface area contributed by atoms with E-state index in [-0.39, 0.29) is 10.8 Å². The van der Waals surface area contributed by atoms with Crippen LogP contribution in [0, 0.1) is 6.92 Å². The van der Waals surface area contributed by atoms with Crippen LogP contribution in [0.3, 0.4) is 0 Å². The van der Waals surface area contributed by atoms with Crippen molar-refractivity contribution in [3.05, 3.63) is 59.7 Å². The van der Waals surface area contributed by atoms with E-state index in [1.165, 1.54) is 16.4 Å². The number of anilines is 1. The van der Waals surface area contributed by atoms with E-state index in [0.717, 1.165) is 5.56 Å². The summed E-state index contributed by atoms with van der Waals surface area (Å²) >= 11 is 0. The quantitative estimate of drug-likeness (QED) is 0.907. The highest BCUT2D eigenvalue weighted by molar-refractivity contribution is 7.89. The smallest absolute Gasteiger partial charge is 0.255 e. The van der Waals surface area contributed by atoms with Crippen LogP contribution in [0.2, 0.25) is 0 Å².